The summed E-state index contributed by atoms with van der Waals surface area (Å²) in [7, 11) is -3.03. The van der Waals surface area contributed by atoms with Crippen molar-refractivity contribution in [1.82, 2.24) is 9.97 Å². The third-order valence-electron chi connectivity index (χ3n) is 4.44. The summed E-state index contributed by atoms with van der Waals surface area (Å²) in [5.41, 5.74) is 0.620. The van der Waals surface area contributed by atoms with E-state index < -0.39 is 21.6 Å². The van der Waals surface area contributed by atoms with Gasteiger partial charge in [-0.25, -0.2) is 22.8 Å². The van der Waals surface area contributed by atoms with E-state index in [1.807, 2.05) is 11.8 Å². The van der Waals surface area contributed by atoms with E-state index in [0.29, 0.717) is 30.3 Å². The molecule has 1 aromatic carbocycles. The number of rotatable bonds is 5. The maximum atomic E-state index is 13.0. The third-order valence-corrected chi connectivity index (χ3v) is 6.19. The number of nitrogens with zero attached hydrogens (tertiary/aromatic N) is 3. The zero-order chi connectivity index (χ0) is 19.6. The molecule has 1 N–H and O–H groups in total. The summed E-state index contributed by atoms with van der Waals surface area (Å²) >= 11 is 0. The van der Waals surface area contributed by atoms with Crippen LogP contribution in [0.4, 0.5) is 15.9 Å². The van der Waals surface area contributed by atoms with Crippen molar-refractivity contribution in [2.24, 2.45) is 0 Å². The van der Waals surface area contributed by atoms with Gasteiger partial charge in [-0.1, -0.05) is 0 Å². The molecule has 1 saturated heterocycles. The molecule has 3 rings (SSSR count). The molecule has 2 aromatic rings. The van der Waals surface area contributed by atoms with Gasteiger partial charge in [0.1, 0.15) is 23.2 Å². The number of aromatic nitrogens is 2. The van der Waals surface area contributed by atoms with Crippen LogP contribution in [0.25, 0.3) is 0 Å². The van der Waals surface area contributed by atoms with Crippen LogP contribution in [0.15, 0.2) is 30.3 Å². The topological polar surface area (TPSA) is 92.3 Å². The molecule has 2 heterocycles. The van der Waals surface area contributed by atoms with Crippen LogP contribution in [-0.2, 0) is 9.84 Å². The quantitative estimate of drug-likeness (QED) is 0.839. The fraction of sp³-hybridized carbons (Fsp3) is 0.389. The number of amides is 1. The average Bonchev–Trinajstić information content (AvgIpc) is 2.97. The lowest BCUT2D eigenvalue weighted by atomic mass is 10.2. The second-order valence-electron chi connectivity index (χ2n) is 6.46. The Kier molecular flexibility index (Phi) is 5.41. The summed E-state index contributed by atoms with van der Waals surface area (Å²) in [5, 5.41) is 2.67. The van der Waals surface area contributed by atoms with Gasteiger partial charge in [-0.05, 0) is 44.5 Å². The summed E-state index contributed by atoms with van der Waals surface area (Å²) in [6.07, 6.45) is 0.538. The van der Waals surface area contributed by atoms with Crippen molar-refractivity contribution in [2.45, 2.75) is 26.3 Å². The second kappa shape index (κ2) is 7.59. The van der Waals surface area contributed by atoms with Gasteiger partial charge in [-0.3, -0.25) is 4.79 Å². The predicted octanol–water partition coefficient (Wildman–Crippen LogP) is 2.19. The normalized spacial score (nSPS) is 18.3. The van der Waals surface area contributed by atoms with Gasteiger partial charge in [0.25, 0.3) is 5.91 Å². The van der Waals surface area contributed by atoms with Crippen LogP contribution in [-0.4, -0.2) is 48.4 Å². The smallest absolute Gasteiger partial charge is 0.274 e. The Bertz CT molecular complexity index is 948. The lowest BCUT2D eigenvalue weighted by Gasteiger charge is -2.28. The molecule has 7 nitrogen and oxygen atoms in total. The van der Waals surface area contributed by atoms with E-state index in [-0.39, 0.29) is 23.2 Å². The fourth-order valence-electron chi connectivity index (χ4n) is 3.17. The number of carbonyl (C=O) groups excluding carboxylic acids is 1. The van der Waals surface area contributed by atoms with E-state index in [9.17, 15) is 17.6 Å². The minimum atomic E-state index is -3.03. The van der Waals surface area contributed by atoms with Gasteiger partial charge in [-0.15, -0.1) is 0 Å². The van der Waals surface area contributed by atoms with Crippen LogP contribution in [0, 0.1) is 12.7 Å². The van der Waals surface area contributed by atoms with Crippen molar-refractivity contribution < 1.29 is 17.6 Å². The number of carbonyl (C=O) groups is 1. The summed E-state index contributed by atoms with van der Waals surface area (Å²) in [6.45, 7) is 4.16. The van der Waals surface area contributed by atoms with Crippen LogP contribution in [0.3, 0.4) is 0 Å². The Labute approximate surface area is 157 Å². The van der Waals surface area contributed by atoms with Gasteiger partial charge in [0.05, 0.1) is 11.5 Å². The highest BCUT2D eigenvalue weighted by Crippen LogP contribution is 2.23. The monoisotopic (exact) mass is 392 g/mol. The fourth-order valence-corrected chi connectivity index (χ4v) is 4.90. The first-order valence-electron chi connectivity index (χ1n) is 8.67. The van der Waals surface area contributed by atoms with E-state index >= 15 is 0 Å². The highest BCUT2D eigenvalue weighted by atomic mass is 32.2. The molecule has 0 aliphatic carbocycles. The van der Waals surface area contributed by atoms with E-state index in [1.165, 1.54) is 24.3 Å². The summed E-state index contributed by atoms with van der Waals surface area (Å²) in [4.78, 5) is 23.0. The molecule has 1 aromatic heterocycles. The number of sulfone groups is 1. The van der Waals surface area contributed by atoms with Crippen molar-refractivity contribution in [3.8, 4) is 0 Å². The molecule has 9 heteroatoms. The van der Waals surface area contributed by atoms with Crippen LogP contribution in [0.2, 0.25) is 0 Å². The number of hydrogen-bond donors (Lipinski definition) is 1. The van der Waals surface area contributed by atoms with E-state index in [1.54, 1.807) is 13.0 Å². The molecule has 144 valence electrons. The number of aryl methyl sites for hydroxylation is 1. The summed E-state index contributed by atoms with van der Waals surface area (Å²) in [5.74, 6) is 0.353. The lowest BCUT2D eigenvalue weighted by molar-refractivity contribution is 0.102. The van der Waals surface area contributed by atoms with Crippen LogP contribution in [0.1, 0.15) is 29.7 Å². The summed E-state index contributed by atoms with van der Waals surface area (Å²) < 4.78 is 36.6. The van der Waals surface area contributed by atoms with Crippen molar-refractivity contribution in [3.63, 3.8) is 0 Å². The number of benzene rings is 1. The Morgan fingerprint density at radius 1 is 1.30 bits per heavy atom. The van der Waals surface area contributed by atoms with Gasteiger partial charge >= 0.3 is 0 Å². The first kappa shape index (κ1) is 19.2. The molecule has 0 radical (unpaired) electrons. The van der Waals surface area contributed by atoms with Gasteiger partial charge in [-0.2, -0.15) is 0 Å². The van der Waals surface area contributed by atoms with E-state index in [4.69, 9.17) is 0 Å². The van der Waals surface area contributed by atoms with Gasteiger partial charge in [0.2, 0.25) is 0 Å². The molecule has 1 amide bonds. The average molecular weight is 392 g/mol. The van der Waals surface area contributed by atoms with Crippen molar-refractivity contribution >= 4 is 27.2 Å². The lowest BCUT2D eigenvalue weighted by Crippen LogP contribution is -2.37. The van der Waals surface area contributed by atoms with Crippen LogP contribution >= 0.6 is 0 Å². The largest absolute Gasteiger partial charge is 0.353 e. The number of anilines is 2. The molecule has 1 aliphatic heterocycles. The first-order chi connectivity index (χ1) is 12.8. The standard InChI is InChI=1S/C18H21FN4O3S/c1-3-23(15-8-9-27(25,26)11-15)17-10-16(20-12(2)21-17)18(24)22-14-6-4-13(19)5-7-14/h4-7,10,15H,3,8-9,11H2,1-2H3,(H,22,24). The predicted molar refractivity (Wildman–Crippen MR) is 101 cm³/mol. The number of nitrogens with one attached hydrogen (secondary N) is 1. The Morgan fingerprint density at radius 2 is 2.00 bits per heavy atom. The number of hydrogen-bond acceptors (Lipinski definition) is 6. The van der Waals surface area contributed by atoms with Crippen molar-refractivity contribution in [3.05, 3.63) is 47.7 Å². The van der Waals surface area contributed by atoms with Gasteiger partial charge < -0.3 is 10.2 Å². The zero-order valence-corrected chi connectivity index (χ0v) is 16.0. The molecule has 1 unspecified atom stereocenters. The highest BCUT2D eigenvalue weighted by molar-refractivity contribution is 7.91. The van der Waals surface area contributed by atoms with E-state index in [2.05, 4.69) is 15.3 Å². The molecule has 1 fully saturated rings. The van der Waals surface area contributed by atoms with Crippen LogP contribution < -0.4 is 10.2 Å². The summed E-state index contributed by atoms with van der Waals surface area (Å²) in [6, 6.07) is 6.83. The van der Waals surface area contributed by atoms with Crippen LogP contribution in [0.5, 0.6) is 0 Å². The minimum absolute atomic E-state index is 0.0843. The Balaban J connectivity index is 1.84. The second-order valence-corrected chi connectivity index (χ2v) is 8.69. The minimum Gasteiger partial charge on any atom is -0.353 e. The highest BCUT2D eigenvalue weighted by Gasteiger charge is 2.32. The molecular weight excluding hydrogens is 371 g/mol. The maximum Gasteiger partial charge on any atom is 0.274 e. The van der Waals surface area contributed by atoms with Crippen molar-refractivity contribution in [1.29, 1.82) is 0 Å². The maximum absolute atomic E-state index is 13.0. The third kappa shape index (κ3) is 4.60. The molecule has 0 spiro atoms. The first-order valence-corrected chi connectivity index (χ1v) is 10.5. The van der Waals surface area contributed by atoms with Gasteiger partial charge in [0, 0.05) is 24.3 Å². The Morgan fingerprint density at radius 3 is 2.59 bits per heavy atom. The molecule has 0 bridgehead atoms. The Hall–Kier alpha value is -2.55. The molecule has 0 saturated carbocycles. The van der Waals surface area contributed by atoms with E-state index in [0.717, 1.165) is 0 Å². The molecular formula is C18H21FN4O3S. The molecule has 1 atom stereocenters. The van der Waals surface area contributed by atoms with Gasteiger partial charge in [0.15, 0.2) is 9.84 Å². The number of halogens is 1. The SMILES string of the molecule is CCN(c1cc(C(=O)Nc2ccc(F)cc2)nc(C)n1)C1CCS(=O)(=O)C1. The van der Waals surface area contributed by atoms with Crippen molar-refractivity contribution in [2.75, 3.05) is 28.3 Å². The molecule has 1 aliphatic rings. The zero-order valence-electron chi connectivity index (χ0n) is 15.1. The molecule has 27 heavy (non-hydrogen) atoms.